The number of rotatable bonds is 3. The molecule has 0 aliphatic carbocycles. The lowest BCUT2D eigenvalue weighted by Crippen LogP contribution is -1.95. The van der Waals surface area contributed by atoms with Gasteiger partial charge in [0.1, 0.15) is 0 Å². The minimum atomic E-state index is -2.45. The van der Waals surface area contributed by atoms with Gasteiger partial charge in [-0.05, 0) is 19.4 Å². The molecule has 0 bridgehead atoms. The fraction of sp³-hybridized carbons (Fsp3) is 0.333. The Morgan fingerprint density at radius 1 is 1.45 bits per heavy atom. The molecule has 0 saturated carbocycles. The van der Waals surface area contributed by atoms with E-state index in [9.17, 15) is 8.78 Å². The van der Waals surface area contributed by atoms with Gasteiger partial charge in [0.15, 0.2) is 0 Å². The minimum Gasteiger partial charge on any atom is -0.205 e. The summed E-state index contributed by atoms with van der Waals surface area (Å²) in [5.74, 6) is 0. The van der Waals surface area contributed by atoms with Crippen molar-refractivity contribution in [2.75, 3.05) is 0 Å². The molecule has 0 aromatic carbocycles. The van der Waals surface area contributed by atoms with Crippen LogP contribution < -0.4 is 0 Å². The van der Waals surface area contributed by atoms with Crippen LogP contribution in [0.5, 0.6) is 0 Å². The molecular weight excluding hydrogens is 146 g/mol. The van der Waals surface area contributed by atoms with Gasteiger partial charge in [-0.2, -0.15) is 0 Å². The number of allylic oxidation sites excluding steroid dienone is 5. The summed E-state index contributed by atoms with van der Waals surface area (Å²) in [7, 11) is 0. The summed E-state index contributed by atoms with van der Waals surface area (Å²) in [6, 6.07) is 0. The molecule has 0 N–H and O–H groups in total. The molecule has 0 nitrogen and oxygen atoms in total. The second kappa shape index (κ2) is 4.83. The first-order valence-electron chi connectivity index (χ1n) is 3.36. The Kier molecular flexibility index (Phi) is 4.42. The quantitative estimate of drug-likeness (QED) is 0.552. The van der Waals surface area contributed by atoms with Crippen molar-refractivity contribution in [3.8, 4) is 0 Å². The summed E-state index contributed by atoms with van der Waals surface area (Å²) in [5.41, 5.74) is 0.418. The van der Waals surface area contributed by atoms with Crippen molar-refractivity contribution < 1.29 is 8.78 Å². The van der Waals surface area contributed by atoms with Gasteiger partial charge in [0, 0.05) is 5.57 Å². The van der Waals surface area contributed by atoms with Crippen LogP contribution in [0.15, 0.2) is 36.0 Å². The number of halogens is 2. The van der Waals surface area contributed by atoms with Gasteiger partial charge in [0.05, 0.1) is 0 Å². The summed E-state index contributed by atoms with van der Waals surface area (Å²) in [6.07, 6.45) is 2.66. The minimum absolute atomic E-state index is 0.108. The van der Waals surface area contributed by atoms with Crippen molar-refractivity contribution in [3.63, 3.8) is 0 Å². The van der Waals surface area contributed by atoms with Crippen molar-refractivity contribution in [3.05, 3.63) is 36.0 Å². The Hall–Kier alpha value is -0.920. The Labute approximate surface area is 65.9 Å². The summed E-state index contributed by atoms with van der Waals surface area (Å²) in [5, 5.41) is 0. The van der Waals surface area contributed by atoms with E-state index in [2.05, 4.69) is 6.58 Å². The first kappa shape index (κ1) is 10.1. The maximum Gasteiger partial charge on any atom is 0.263 e. The normalized spacial score (nSPS) is 13.0. The Morgan fingerprint density at radius 2 is 2.00 bits per heavy atom. The van der Waals surface area contributed by atoms with Gasteiger partial charge < -0.3 is 0 Å². The molecule has 0 heterocycles. The zero-order valence-electron chi connectivity index (χ0n) is 6.77. The molecule has 62 valence electrons. The van der Waals surface area contributed by atoms with E-state index in [1.807, 2.05) is 6.92 Å². The fourth-order valence-corrected chi connectivity index (χ4v) is 0.520. The molecule has 2 heteroatoms. The molecule has 0 saturated heterocycles. The molecule has 0 fully saturated rings. The second-order valence-corrected chi connectivity index (χ2v) is 2.20. The van der Waals surface area contributed by atoms with Crippen LogP contribution in [0.25, 0.3) is 0 Å². The Bertz CT molecular complexity index is 188. The van der Waals surface area contributed by atoms with E-state index in [0.717, 1.165) is 0 Å². The maximum atomic E-state index is 11.9. The molecule has 0 aromatic rings. The maximum absolute atomic E-state index is 11.9. The molecular formula is C9H12F2. The predicted molar refractivity (Wildman–Crippen MR) is 43.7 cm³/mol. The van der Waals surface area contributed by atoms with E-state index in [-0.39, 0.29) is 5.57 Å². The zero-order chi connectivity index (χ0) is 8.85. The largest absolute Gasteiger partial charge is 0.263 e. The summed E-state index contributed by atoms with van der Waals surface area (Å²) in [6.45, 7) is 6.70. The van der Waals surface area contributed by atoms with Gasteiger partial charge >= 0.3 is 0 Å². The lowest BCUT2D eigenvalue weighted by molar-refractivity contribution is 0.193. The number of alkyl halides is 2. The standard InChI is InChI=1S/C9H12F2/c1-4-5-6-7(2)8(3)9(10)11/h4-6,9H,3H2,1-2H3/b5-4+,7-6-. The molecule has 0 unspecified atom stereocenters. The highest BCUT2D eigenvalue weighted by atomic mass is 19.3. The number of hydrogen-bond donors (Lipinski definition) is 0. The molecule has 0 radical (unpaired) electrons. The van der Waals surface area contributed by atoms with Crippen molar-refractivity contribution in [1.82, 2.24) is 0 Å². The van der Waals surface area contributed by atoms with Gasteiger partial charge in [0.25, 0.3) is 6.43 Å². The average Bonchev–Trinajstić information content (AvgIpc) is 1.98. The molecule has 11 heavy (non-hydrogen) atoms. The molecule has 0 spiro atoms. The van der Waals surface area contributed by atoms with Crippen molar-refractivity contribution in [1.29, 1.82) is 0 Å². The van der Waals surface area contributed by atoms with Crippen LogP contribution >= 0.6 is 0 Å². The van der Waals surface area contributed by atoms with E-state index in [1.54, 1.807) is 25.2 Å². The molecule has 0 amide bonds. The SMILES string of the molecule is C=C(/C(C)=C\C=C\C)C(F)F. The highest BCUT2D eigenvalue weighted by Gasteiger charge is 2.08. The van der Waals surface area contributed by atoms with Crippen molar-refractivity contribution in [2.45, 2.75) is 20.3 Å². The van der Waals surface area contributed by atoms with Gasteiger partial charge in [-0.15, -0.1) is 0 Å². The zero-order valence-corrected chi connectivity index (χ0v) is 6.77. The topological polar surface area (TPSA) is 0 Å². The summed E-state index contributed by atoms with van der Waals surface area (Å²) in [4.78, 5) is 0. The molecule has 0 aliphatic heterocycles. The highest BCUT2D eigenvalue weighted by Crippen LogP contribution is 2.15. The lowest BCUT2D eigenvalue weighted by atomic mass is 10.1. The van der Waals surface area contributed by atoms with Gasteiger partial charge in [-0.3, -0.25) is 0 Å². The van der Waals surface area contributed by atoms with Gasteiger partial charge in [-0.1, -0.05) is 24.8 Å². The molecule has 0 atom stereocenters. The van der Waals surface area contributed by atoms with Crippen LogP contribution in [0, 0.1) is 0 Å². The first-order chi connectivity index (χ1) is 5.09. The molecule has 0 rings (SSSR count). The van der Waals surface area contributed by atoms with E-state index in [4.69, 9.17) is 0 Å². The van der Waals surface area contributed by atoms with E-state index in [1.165, 1.54) is 0 Å². The van der Waals surface area contributed by atoms with Crippen molar-refractivity contribution >= 4 is 0 Å². The third-order valence-electron chi connectivity index (χ3n) is 1.31. The molecule has 0 aliphatic rings. The predicted octanol–water partition coefficient (Wildman–Crippen LogP) is 3.33. The van der Waals surface area contributed by atoms with Gasteiger partial charge in [-0.25, -0.2) is 8.78 Å². The van der Waals surface area contributed by atoms with Crippen molar-refractivity contribution in [2.24, 2.45) is 0 Å². The van der Waals surface area contributed by atoms with E-state index < -0.39 is 6.43 Å². The molecule has 0 aromatic heterocycles. The first-order valence-corrected chi connectivity index (χ1v) is 3.36. The van der Waals surface area contributed by atoms with Crippen LogP contribution in [-0.2, 0) is 0 Å². The van der Waals surface area contributed by atoms with Crippen LogP contribution in [0.3, 0.4) is 0 Å². The van der Waals surface area contributed by atoms with Crippen LogP contribution in [0.4, 0.5) is 8.78 Å². The summed E-state index contributed by atoms with van der Waals surface area (Å²) < 4.78 is 23.9. The monoisotopic (exact) mass is 158 g/mol. The lowest BCUT2D eigenvalue weighted by Gasteiger charge is -2.01. The third kappa shape index (κ3) is 3.71. The third-order valence-corrected chi connectivity index (χ3v) is 1.31. The van der Waals surface area contributed by atoms with Crippen LogP contribution in [-0.4, -0.2) is 6.43 Å². The number of hydrogen-bond acceptors (Lipinski definition) is 0. The van der Waals surface area contributed by atoms with Crippen LogP contribution in [0.2, 0.25) is 0 Å². The summed E-state index contributed by atoms with van der Waals surface area (Å²) >= 11 is 0. The van der Waals surface area contributed by atoms with Crippen LogP contribution in [0.1, 0.15) is 13.8 Å². The van der Waals surface area contributed by atoms with E-state index >= 15 is 0 Å². The Balaban J connectivity index is 4.24. The fourth-order valence-electron chi connectivity index (χ4n) is 0.520. The van der Waals surface area contributed by atoms with E-state index in [0.29, 0.717) is 5.57 Å². The van der Waals surface area contributed by atoms with Gasteiger partial charge in [0.2, 0.25) is 0 Å². The highest BCUT2D eigenvalue weighted by molar-refractivity contribution is 5.30. The smallest absolute Gasteiger partial charge is 0.205 e. The second-order valence-electron chi connectivity index (χ2n) is 2.20. The Morgan fingerprint density at radius 3 is 2.36 bits per heavy atom. The average molecular weight is 158 g/mol.